The number of ether oxygens (including phenoxy) is 2. The maximum atomic E-state index is 12.9. The van der Waals surface area contributed by atoms with Crippen LogP contribution in [0.3, 0.4) is 0 Å². The molecule has 4 rings (SSSR count). The lowest BCUT2D eigenvalue weighted by atomic mass is 9.89. The molecule has 3 aromatic rings. The number of nitrogens with zero attached hydrogens (tertiary/aromatic N) is 3. The lowest BCUT2D eigenvalue weighted by molar-refractivity contribution is -0.120. The maximum absolute atomic E-state index is 12.9. The van der Waals surface area contributed by atoms with Gasteiger partial charge in [-0.05, 0) is 37.8 Å². The summed E-state index contributed by atoms with van der Waals surface area (Å²) < 4.78 is 12.9. The summed E-state index contributed by atoms with van der Waals surface area (Å²) in [6, 6.07) is 15.6. The Morgan fingerprint density at radius 2 is 1.79 bits per heavy atom. The van der Waals surface area contributed by atoms with E-state index in [0.717, 1.165) is 17.8 Å². The molecule has 0 unspecified atom stereocenters. The first kappa shape index (κ1) is 24.1. The predicted octanol–water partition coefficient (Wildman–Crippen LogP) is 5.13. The minimum atomic E-state index is -0.310. The summed E-state index contributed by atoms with van der Waals surface area (Å²) in [6.45, 7) is 2.66. The Bertz CT molecular complexity index is 1100. The summed E-state index contributed by atoms with van der Waals surface area (Å²) in [6.07, 6.45) is 6.25. The molecule has 1 N–H and O–H groups in total. The molecule has 180 valence electrons. The van der Waals surface area contributed by atoms with Crippen LogP contribution >= 0.6 is 11.8 Å². The largest absolute Gasteiger partial charge is 0.493 e. The number of thioether (sulfide) groups is 1. The van der Waals surface area contributed by atoms with Crippen molar-refractivity contribution in [3.05, 3.63) is 48.5 Å². The van der Waals surface area contributed by atoms with Gasteiger partial charge >= 0.3 is 0 Å². The van der Waals surface area contributed by atoms with Crippen LogP contribution in [0, 0.1) is 5.92 Å². The molecular weight excluding hydrogens is 448 g/mol. The van der Waals surface area contributed by atoms with E-state index < -0.39 is 0 Å². The smallest absolute Gasteiger partial charge is 0.233 e. The molecular formula is C26H32N4O3S. The predicted molar refractivity (Wildman–Crippen MR) is 135 cm³/mol. The number of hydrogen-bond donors (Lipinski definition) is 1. The van der Waals surface area contributed by atoms with E-state index in [1.165, 1.54) is 43.9 Å². The Morgan fingerprint density at radius 3 is 2.50 bits per heavy atom. The van der Waals surface area contributed by atoms with Crippen molar-refractivity contribution in [1.82, 2.24) is 20.1 Å². The highest BCUT2D eigenvalue weighted by Gasteiger charge is 2.23. The molecule has 2 aromatic carbocycles. The first-order valence-corrected chi connectivity index (χ1v) is 12.7. The number of benzene rings is 2. The molecule has 1 aliphatic carbocycles. The number of carbonyl (C=O) groups excluding carboxylic acids is 1. The number of aromatic nitrogens is 3. The van der Waals surface area contributed by atoms with Crippen molar-refractivity contribution in [2.24, 2.45) is 5.92 Å². The van der Waals surface area contributed by atoms with Gasteiger partial charge in [0.1, 0.15) is 0 Å². The Morgan fingerprint density at radius 1 is 1.06 bits per heavy atom. The van der Waals surface area contributed by atoms with Crippen LogP contribution in [0.5, 0.6) is 11.5 Å². The van der Waals surface area contributed by atoms with Crippen molar-refractivity contribution in [2.75, 3.05) is 20.8 Å². The number of methoxy groups -OCH3 is 2. The lowest BCUT2D eigenvalue weighted by Crippen LogP contribution is -2.35. The molecule has 1 amide bonds. The number of carbonyl (C=O) groups is 1. The fourth-order valence-corrected chi connectivity index (χ4v) is 5.20. The molecule has 1 fully saturated rings. The van der Waals surface area contributed by atoms with E-state index >= 15 is 0 Å². The highest BCUT2D eigenvalue weighted by Crippen LogP contribution is 2.34. The summed E-state index contributed by atoms with van der Waals surface area (Å²) in [5.41, 5.74) is 1.77. The van der Waals surface area contributed by atoms with E-state index in [1.807, 2.05) is 60.0 Å². The number of nitrogens with one attached hydrogen (secondary N) is 1. The number of rotatable bonds is 9. The third-order valence-corrected chi connectivity index (χ3v) is 7.27. The normalized spacial score (nSPS) is 15.0. The third-order valence-electron chi connectivity index (χ3n) is 6.23. The highest BCUT2D eigenvalue weighted by molar-refractivity contribution is 8.00. The molecule has 1 heterocycles. The van der Waals surface area contributed by atoms with Crippen LogP contribution in [-0.4, -0.2) is 46.7 Å². The average Bonchev–Trinajstić information content (AvgIpc) is 3.31. The molecule has 0 aliphatic heterocycles. The van der Waals surface area contributed by atoms with Crippen LogP contribution in [0.25, 0.3) is 17.1 Å². The quantitative estimate of drug-likeness (QED) is 0.428. The van der Waals surface area contributed by atoms with Gasteiger partial charge in [-0.3, -0.25) is 9.36 Å². The van der Waals surface area contributed by atoms with Crippen LogP contribution in [0.15, 0.2) is 53.7 Å². The molecule has 7 nitrogen and oxygen atoms in total. The molecule has 0 bridgehead atoms. The van der Waals surface area contributed by atoms with Crippen molar-refractivity contribution < 1.29 is 14.3 Å². The van der Waals surface area contributed by atoms with Crippen LogP contribution < -0.4 is 14.8 Å². The van der Waals surface area contributed by atoms with E-state index in [2.05, 4.69) is 15.5 Å². The summed E-state index contributed by atoms with van der Waals surface area (Å²) in [5, 5.41) is 12.4. The SMILES string of the molecule is COc1ccc(-n2c(S[C@@H](C)C(=O)NCC3CCCCC3)nnc2-c2ccccc2)cc1OC. The van der Waals surface area contributed by atoms with Crippen LogP contribution in [0.2, 0.25) is 0 Å². The maximum Gasteiger partial charge on any atom is 0.233 e. The molecule has 1 aromatic heterocycles. The standard InChI is InChI=1S/C26H32N4O3S/c1-18(25(31)27-17-19-10-6-4-7-11-19)34-26-29-28-24(20-12-8-5-9-13-20)30(26)21-14-15-22(32-2)23(16-21)33-3/h5,8-9,12-16,18-19H,4,6-7,10-11,17H2,1-3H3,(H,27,31)/t18-/m0/s1. The van der Waals surface area contributed by atoms with Gasteiger partial charge in [-0.1, -0.05) is 61.4 Å². The van der Waals surface area contributed by atoms with Gasteiger partial charge in [0.05, 0.1) is 25.2 Å². The van der Waals surface area contributed by atoms with E-state index in [1.54, 1.807) is 14.2 Å². The molecule has 34 heavy (non-hydrogen) atoms. The second-order valence-electron chi connectivity index (χ2n) is 8.56. The molecule has 0 radical (unpaired) electrons. The molecule has 1 aliphatic rings. The summed E-state index contributed by atoms with van der Waals surface area (Å²) in [5.74, 6) is 2.58. The molecule has 1 saturated carbocycles. The summed E-state index contributed by atoms with van der Waals surface area (Å²) >= 11 is 1.40. The molecule has 1 atom stereocenters. The fourth-order valence-electron chi connectivity index (χ4n) is 4.31. The monoisotopic (exact) mass is 480 g/mol. The summed E-state index contributed by atoms with van der Waals surface area (Å²) in [7, 11) is 3.22. The Kier molecular flexibility index (Phi) is 8.11. The Balaban J connectivity index is 1.60. The summed E-state index contributed by atoms with van der Waals surface area (Å²) in [4.78, 5) is 12.9. The van der Waals surface area contributed by atoms with Crippen molar-refractivity contribution in [3.8, 4) is 28.6 Å². The number of hydrogen-bond acceptors (Lipinski definition) is 6. The van der Waals surface area contributed by atoms with Gasteiger partial charge < -0.3 is 14.8 Å². The van der Waals surface area contributed by atoms with Crippen LogP contribution in [0.1, 0.15) is 39.0 Å². The van der Waals surface area contributed by atoms with Gasteiger partial charge in [-0.25, -0.2) is 0 Å². The first-order chi connectivity index (χ1) is 16.6. The fraction of sp³-hybridized carbons (Fsp3) is 0.423. The Labute approximate surface area is 205 Å². The topological polar surface area (TPSA) is 78.3 Å². The highest BCUT2D eigenvalue weighted by atomic mass is 32.2. The average molecular weight is 481 g/mol. The van der Waals surface area contributed by atoms with Gasteiger partial charge in [-0.2, -0.15) is 0 Å². The molecule has 8 heteroatoms. The van der Waals surface area contributed by atoms with Crippen LogP contribution in [-0.2, 0) is 4.79 Å². The lowest BCUT2D eigenvalue weighted by Gasteiger charge is -2.22. The van der Waals surface area contributed by atoms with Gasteiger partial charge in [0.2, 0.25) is 5.91 Å². The minimum Gasteiger partial charge on any atom is -0.493 e. The van der Waals surface area contributed by atoms with Gasteiger partial charge in [0.25, 0.3) is 0 Å². The zero-order valence-electron chi connectivity index (χ0n) is 20.0. The van der Waals surface area contributed by atoms with Crippen molar-refractivity contribution >= 4 is 17.7 Å². The van der Waals surface area contributed by atoms with E-state index in [-0.39, 0.29) is 11.2 Å². The Hall–Kier alpha value is -3.00. The second kappa shape index (κ2) is 11.4. The van der Waals surface area contributed by atoms with Gasteiger partial charge in [-0.15, -0.1) is 10.2 Å². The zero-order chi connectivity index (χ0) is 23.9. The van der Waals surface area contributed by atoms with Gasteiger partial charge in [0.15, 0.2) is 22.5 Å². The van der Waals surface area contributed by atoms with E-state index in [9.17, 15) is 4.79 Å². The van der Waals surface area contributed by atoms with Crippen molar-refractivity contribution in [1.29, 1.82) is 0 Å². The van der Waals surface area contributed by atoms with Crippen LogP contribution in [0.4, 0.5) is 0 Å². The van der Waals surface area contributed by atoms with E-state index in [4.69, 9.17) is 9.47 Å². The van der Waals surface area contributed by atoms with E-state index in [0.29, 0.717) is 28.4 Å². The van der Waals surface area contributed by atoms with Crippen molar-refractivity contribution in [2.45, 2.75) is 49.4 Å². The van der Waals surface area contributed by atoms with Crippen molar-refractivity contribution in [3.63, 3.8) is 0 Å². The first-order valence-electron chi connectivity index (χ1n) is 11.8. The zero-order valence-corrected chi connectivity index (χ0v) is 20.8. The van der Waals surface area contributed by atoms with Gasteiger partial charge in [0, 0.05) is 18.2 Å². The number of amides is 1. The molecule has 0 saturated heterocycles. The molecule has 0 spiro atoms. The minimum absolute atomic E-state index is 0.0266. The second-order valence-corrected chi connectivity index (χ2v) is 9.86. The third kappa shape index (κ3) is 5.55.